The van der Waals surface area contributed by atoms with Crippen molar-refractivity contribution in [1.29, 1.82) is 0 Å². The maximum Gasteiger partial charge on any atom is 0.481 e. The Labute approximate surface area is 267 Å². The van der Waals surface area contributed by atoms with Crippen LogP contribution in [0.1, 0.15) is 22.8 Å². The summed E-state index contributed by atoms with van der Waals surface area (Å²) in [6, 6.07) is 2.79. The second-order valence-corrected chi connectivity index (χ2v) is 14.5. The fourth-order valence-corrected chi connectivity index (χ4v) is 7.47. The van der Waals surface area contributed by atoms with Gasteiger partial charge in [0.05, 0.1) is 19.5 Å². The van der Waals surface area contributed by atoms with Crippen LogP contribution in [0.5, 0.6) is 0 Å². The number of phosphoric acid groups is 3. The second-order valence-electron chi connectivity index (χ2n) is 10.3. The number of aliphatic hydroxyl groups is 3. The zero-order valence-corrected chi connectivity index (χ0v) is 26.6. The van der Waals surface area contributed by atoms with Gasteiger partial charge in [-0.3, -0.25) is 22.9 Å². The Hall–Kier alpha value is -2.86. The van der Waals surface area contributed by atoms with Gasteiger partial charge in [-0.15, -0.1) is 0 Å². The summed E-state index contributed by atoms with van der Waals surface area (Å²) >= 11 is 0. The number of carbonyl (C=O) groups excluding carboxylic acids is 1. The molecule has 264 valence electrons. The van der Waals surface area contributed by atoms with Crippen LogP contribution in [0.4, 0.5) is 5.82 Å². The number of imidazole rings is 1. The third kappa shape index (κ3) is 8.12. The minimum Gasteiger partial charge on any atom is -0.387 e. The van der Waals surface area contributed by atoms with Gasteiger partial charge < -0.3 is 55.8 Å². The summed E-state index contributed by atoms with van der Waals surface area (Å²) in [6.45, 7) is -2.03. The molecule has 1 amide bonds. The molecule has 2 aliphatic rings. The highest BCUT2D eigenvalue weighted by atomic mass is 31.3. The lowest BCUT2D eigenvalue weighted by Gasteiger charge is -2.22. The van der Waals surface area contributed by atoms with E-state index < -0.39 is 91.7 Å². The molecule has 5 heterocycles. The quantitative estimate of drug-likeness (QED) is 0.0626. The van der Waals surface area contributed by atoms with Crippen molar-refractivity contribution in [3.63, 3.8) is 0 Å². The van der Waals surface area contributed by atoms with Gasteiger partial charge in [0, 0.05) is 6.07 Å². The van der Waals surface area contributed by atoms with Crippen molar-refractivity contribution in [2.45, 2.75) is 49.1 Å². The molecule has 27 heteroatoms. The molecule has 3 aromatic heterocycles. The third-order valence-corrected chi connectivity index (χ3v) is 10.1. The van der Waals surface area contributed by atoms with E-state index in [2.05, 4.69) is 23.8 Å². The Morgan fingerprint density at radius 1 is 0.958 bits per heavy atom. The molecule has 0 aliphatic carbocycles. The van der Waals surface area contributed by atoms with Crippen LogP contribution >= 0.6 is 23.5 Å². The Morgan fingerprint density at radius 2 is 1.60 bits per heavy atom. The molecule has 2 saturated heterocycles. The van der Waals surface area contributed by atoms with Crippen molar-refractivity contribution >= 4 is 46.4 Å². The number of anilines is 1. The number of nitrogens with two attached hydrogens (primary N) is 2. The first-order chi connectivity index (χ1) is 22.4. The molecule has 24 nitrogen and oxygen atoms in total. The predicted molar refractivity (Wildman–Crippen MR) is 150 cm³/mol. The van der Waals surface area contributed by atoms with Crippen molar-refractivity contribution in [1.82, 2.24) is 19.5 Å². The lowest BCUT2D eigenvalue weighted by molar-refractivity contribution is -0.765. The molecule has 0 spiro atoms. The summed E-state index contributed by atoms with van der Waals surface area (Å²) in [4.78, 5) is 62.2. The molecule has 0 radical (unpaired) electrons. The topological polar surface area (TPSA) is 365 Å². The number of hydrogen-bond donors (Lipinski definition) is 9. The van der Waals surface area contributed by atoms with Crippen LogP contribution in [-0.2, 0) is 41.1 Å². The number of pyridine rings is 1. The summed E-state index contributed by atoms with van der Waals surface area (Å²) in [5.41, 5.74) is 11.1. The average Bonchev–Trinajstić information content (AvgIpc) is 3.64. The monoisotopic (exact) mass is 744 g/mol. The maximum atomic E-state index is 12.6. The Morgan fingerprint density at radius 3 is 2.23 bits per heavy atom. The van der Waals surface area contributed by atoms with E-state index in [0.717, 1.165) is 17.2 Å². The first kappa shape index (κ1) is 36.4. The fraction of sp³-hybridized carbons (Fsp3) is 0.476. The molecule has 48 heavy (non-hydrogen) atoms. The minimum atomic E-state index is -5.52. The van der Waals surface area contributed by atoms with Crippen LogP contribution in [-0.4, -0.2) is 110 Å². The summed E-state index contributed by atoms with van der Waals surface area (Å²) < 4.78 is 68.4. The van der Waals surface area contributed by atoms with Crippen LogP contribution in [0, 0.1) is 0 Å². The summed E-state index contributed by atoms with van der Waals surface area (Å²) in [7, 11) is -16.3. The van der Waals surface area contributed by atoms with Gasteiger partial charge >= 0.3 is 23.5 Å². The van der Waals surface area contributed by atoms with E-state index in [1.165, 1.54) is 29.1 Å². The molecule has 0 aromatic carbocycles. The molecular weight excluding hydrogens is 715 g/mol. The van der Waals surface area contributed by atoms with E-state index in [1.807, 2.05) is 0 Å². The highest BCUT2D eigenvalue weighted by molar-refractivity contribution is 7.61. The second kappa shape index (κ2) is 13.8. The van der Waals surface area contributed by atoms with Gasteiger partial charge in [-0.1, -0.05) is 0 Å². The van der Waals surface area contributed by atoms with E-state index in [0.29, 0.717) is 0 Å². The van der Waals surface area contributed by atoms with Crippen molar-refractivity contribution < 1.29 is 85.3 Å². The van der Waals surface area contributed by atoms with Gasteiger partial charge in [-0.2, -0.15) is 8.88 Å². The number of aromatic nitrogens is 5. The van der Waals surface area contributed by atoms with E-state index in [-0.39, 0.29) is 22.5 Å². The van der Waals surface area contributed by atoms with Crippen molar-refractivity contribution in [2.24, 2.45) is 5.73 Å². The molecular formula is C21H29N7O17P3+. The van der Waals surface area contributed by atoms with Crippen LogP contribution in [0.15, 0.2) is 37.2 Å². The van der Waals surface area contributed by atoms with Gasteiger partial charge in [0.2, 0.25) is 0 Å². The normalized spacial score (nSPS) is 30.3. The maximum absolute atomic E-state index is 12.6. The molecule has 2 fully saturated rings. The number of fused-ring (bicyclic) bond motifs is 1. The zero-order valence-electron chi connectivity index (χ0n) is 23.9. The van der Waals surface area contributed by atoms with Gasteiger partial charge in [-0.05, 0) is 6.07 Å². The Kier molecular flexibility index (Phi) is 10.5. The van der Waals surface area contributed by atoms with Crippen molar-refractivity contribution in [3.8, 4) is 0 Å². The lowest BCUT2D eigenvalue weighted by atomic mass is 10.1. The number of rotatable bonds is 13. The molecule has 0 bridgehead atoms. The van der Waals surface area contributed by atoms with Gasteiger partial charge in [-0.25, -0.2) is 28.6 Å². The SMILES string of the molecule is NC(=O)c1ccc[n+]([C@@H]2O[C@H](COP(=O)(O)OP(=O)(O)OC[C@@H]3O[C@H](n4cnc5c(N)ncnc54)[C@H](OP(=O)(O)O)[C@@H]3O)[C@H](O)[C@H]2O)c1. The Bertz CT molecular complexity index is 1810. The van der Waals surface area contributed by atoms with E-state index in [9.17, 15) is 53.4 Å². The zero-order chi connectivity index (χ0) is 35.2. The summed E-state index contributed by atoms with van der Waals surface area (Å²) in [6.07, 6.45) is -8.39. The lowest BCUT2D eigenvalue weighted by Crippen LogP contribution is -2.46. The summed E-state index contributed by atoms with van der Waals surface area (Å²) in [5, 5.41) is 31.5. The first-order valence-corrected chi connectivity index (χ1v) is 17.9. The molecule has 2 unspecified atom stereocenters. The van der Waals surface area contributed by atoms with Gasteiger partial charge in [0.25, 0.3) is 12.1 Å². The van der Waals surface area contributed by atoms with Crippen molar-refractivity contribution in [3.05, 3.63) is 42.7 Å². The van der Waals surface area contributed by atoms with Crippen molar-refractivity contribution in [2.75, 3.05) is 18.9 Å². The van der Waals surface area contributed by atoms with E-state index >= 15 is 0 Å². The number of carbonyl (C=O) groups is 1. The number of primary amides is 1. The highest BCUT2D eigenvalue weighted by Gasteiger charge is 2.51. The van der Waals surface area contributed by atoms with Gasteiger partial charge in [0.15, 0.2) is 36.2 Å². The van der Waals surface area contributed by atoms with Crippen LogP contribution in [0.2, 0.25) is 0 Å². The smallest absolute Gasteiger partial charge is 0.387 e. The van der Waals surface area contributed by atoms with Crippen LogP contribution in [0.3, 0.4) is 0 Å². The number of hydrogen-bond acceptors (Lipinski definition) is 17. The third-order valence-electron chi connectivity index (χ3n) is 6.98. The molecule has 11 N–H and O–H groups in total. The average molecular weight is 744 g/mol. The van der Waals surface area contributed by atoms with Crippen LogP contribution < -0.4 is 16.0 Å². The van der Waals surface area contributed by atoms with Crippen LogP contribution in [0.25, 0.3) is 11.2 Å². The van der Waals surface area contributed by atoms with Gasteiger partial charge in [0.1, 0.15) is 47.9 Å². The number of nitrogens with zero attached hydrogens (tertiary/aromatic N) is 5. The summed E-state index contributed by atoms with van der Waals surface area (Å²) in [5.74, 6) is -0.848. The fourth-order valence-electron chi connectivity index (χ4n) is 4.83. The first-order valence-electron chi connectivity index (χ1n) is 13.3. The number of aliphatic hydroxyl groups excluding tert-OH is 3. The minimum absolute atomic E-state index is 0.00286. The highest BCUT2D eigenvalue weighted by Crippen LogP contribution is 2.61. The number of ether oxygens (including phenoxy) is 2. The Balaban J connectivity index is 1.21. The number of amides is 1. The predicted octanol–water partition coefficient (Wildman–Crippen LogP) is -2.90. The number of phosphoric ester groups is 3. The molecule has 5 rings (SSSR count). The standard InChI is InChI=1S/C21H28N7O17P3/c22-17-12-19(25-7-24-17)28(8-26-12)21-16(44-46(33,34)35)14(30)11(43-21)6-41-48(38,39)45-47(36,37)40-5-10-13(29)15(31)20(42-10)27-3-1-2-9(4-27)18(23)32/h1-4,7-8,10-11,13-16,20-21,29-31H,5-6H2,(H7-,22,23,24,25,32,33,34,35,36,37,38,39)/p+1/t10-,11+,13+,14-,15-,16-,20-,21+/m1/s1. The molecule has 3 aromatic rings. The van der Waals surface area contributed by atoms with E-state index in [1.54, 1.807) is 0 Å². The molecule has 0 saturated carbocycles. The number of nitrogen functional groups attached to an aromatic ring is 1. The van der Waals surface area contributed by atoms with E-state index in [4.69, 9.17) is 30.0 Å². The molecule has 10 atom stereocenters. The molecule has 2 aliphatic heterocycles. The largest absolute Gasteiger partial charge is 0.481 e.